The van der Waals surface area contributed by atoms with Gasteiger partial charge < -0.3 is 14.8 Å². The van der Waals surface area contributed by atoms with Gasteiger partial charge in [0.05, 0.1) is 30.5 Å². The van der Waals surface area contributed by atoms with Gasteiger partial charge in [-0.25, -0.2) is 0 Å². The van der Waals surface area contributed by atoms with E-state index in [0.29, 0.717) is 27.8 Å². The highest BCUT2D eigenvalue weighted by atomic mass is 35.5. The van der Waals surface area contributed by atoms with Crippen molar-refractivity contribution < 1.29 is 14.3 Å². The molecule has 0 aromatic heterocycles. The fraction of sp³-hybridized carbons (Fsp3) is 0.188. The zero-order chi connectivity index (χ0) is 15.4. The maximum atomic E-state index is 12.4. The van der Waals surface area contributed by atoms with Crippen LogP contribution in [0.2, 0.25) is 5.02 Å². The maximum absolute atomic E-state index is 12.4. The molecule has 4 nitrogen and oxygen atoms in total. The van der Waals surface area contributed by atoms with Crippen LogP contribution < -0.4 is 14.8 Å². The first kappa shape index (κ1) is 15.2. The van der Waals surface area contributed by atoms with Crippen molar-refractivity contribution in [3.05, 3.63) is 52.5 Å². The number of anilines is 1. The van der Waals surface area contributed by atoms with Crippen LogP contribution in [-0.2, 0) is 0 Å². The van der Waals surface area contributed by atoms with Crippen LogP contribution in [0.5, 0.6) is 11.5 Å². The molecule has 2 aromatic carbocycles. The first-order valence-corrected chi connectivity index (χ1v) is 6.72. The summed E-state index contributed by atoms with van der Waals surface area (Å²) >= 11 is 6.12. The fourth-order valence-electron chi connectivity index (χ4n) is 1.90. The van der Waals surface area contributed by atoms with Gasteiger partial charge in [-0.2, -0.15) is 0 Å². The second-order valence-corrected chi connectivity index (χ2v) is 4.91. The minimum absolute atomic E-state index is 0.309. The lowest BCUT2D eigenvalue weighted by Gasteiger charge is -2.12. The number of hydrogen-bond donors (Lipinski definition) is 1. The topological polar surface area (TPSA) is 47.6 Å². The minimum Gasteiger partial charge on any atom is -0.497 e. The van der Waals surface area contributed by atoms with Crippen molar-refractivity contribution in [1.29, 1.82) is 0 Å². The summed E-state index contributed by atoms with van der Waals surface area (Å²) in [4.78, 5) is 12.4. The molecular weight excluding hydrogens is 290 g/mol. The van der Waals surface area contributed by atoms with Gasteiger partial charge in [0.25, 0.3) is 5.91 Å². The highest BCUT2D eigenvalue weighted by molar-refractivity contribution is 6.34. The van der Waals surface area contributed by atoms with Crippen molar-refractivity contribution in [2.24, 2.45) is 0 Å². The van der Waals surface area contributed by atoms with E-state index in [1.165, 1.54) is 7.11 Å². The van der Waals surface area contributed by atoms with Crippen molar-refractivity contribution in [2.45, 2.75) is 6.92 Å². The molecule has 0 aliphatic rings. The smallest absolute Gasteiger partial charge is 0.259 e. The van der Waals surface area contributed by atoms with Gasteiger partial charge in [0, 0.05) is 0 Å². The molecule has 0 radical (unpaired) electrons. The lowest BCUT2D eigenvalue weighted by Crippen LogP contribution is -2.13. The van der Waals surface area contributed by atoms with Crippen LogP contribution in [0.25, 0.3) is 0 Å². The second-order valence-electron chi connectivity index (χ2n) is 4.50. The van der Waals surface area contributed by atoms with Crippen molar-refractivity contribution in [1.82, 2.24) is 0 Å². The van der Waals surface area contributed by atoms with Crippen LogP contribution in [0.4, 0.5) is 5.69 Å². The summed E-state index contributed by atoms with van der Waals surface area (Å²) in [6, 6.07) is 10.5. The average molecular weight is 306 g/mol. The van der Waals surface area contributed by atoms with E-state index in [0.717, 1.165) is 5.56 Å². The van der Waals surface area contributed by atoms with E-state index in [1.54, 1.807) is 37.4 Å². The van der Waals surface area contributed by atoms with Crippen LogP contribution in [0, 0.1) is 6.92 Å². The number of halogens is 1. The van der Waals surface area contributed by atoms with Gasteiger partial charge in [-0.3, -0.25) is 4.79 Å². The van der Waals surface area contributed by atoms with Crippen molar-refractivity contribution >= 4 is 23.2 Å². The van der Waals surface area contributed by atoms with Crippen molar-refractivity contribution in [3.8, 4) is 11.5 Å². The Labute approximate surface area is 128 Å². The number of rotatable bonds is 4. The van der Waals surface area contributed by atoms with E-state index in [4.69, 9.17) is 21.1 Å². The van der Waals surface area contributed by atoms with E-state index < -0.39 is 0 Å². The third-order valence-corrected chi connectivity index (χ3v) is 3.34. The Bertz CT molecular complexity index is 671. The number of carbonyl (C=O) groups is 1. The molecule has 0 atom stereocenters. The summed E-state index contributed by atoms with van der Waals surface area (Å²) < 4.78 is 10.3. The first-order valence-electron chi connectivity index (χ1n) is 6.34. The van der Waals surface area contributed by atoms with Gasteiger partial charge in [-0.1, -0.05) is 17.7 Å². The Balaban J connectivity index is 2.31. The fourth-order valence-corrected chi connectivity index (χ4v) is 2.19. The standard InChI is InChI=1S/C16H16ClNO3/c1-10-4-6-14(13(17)8-10)18-16(19)12-9-11(20-2)5-7-15(12)21-3/h4-9H,1-3H3,(H,18,19). The molecule has 0 saturated heterocycles. The van der Waals surface area contributed by atoms with E-state index in [1.807, 2.05) is 13.0 Å². The van der Waals surface area contributed by atoms with E-state index in [9.17, 15) is 4.79 Å². The third-order valence-electron chi connectivity index (χ3n) is 3.02. The molecule has 2 rings (SSSR count). The zero-order valence-corrected chi connectivity index (χ0v) is 12.8. The summed E-state index contributed by atoms with van der Waals surface area (Å²) in [7, 11) is 3.05. The Hall–Kier alpha value is -2.20. The molecule has 0 aliphatic heterocycles. The van der Waals surface area contributed by atoms with E-state index >= 15 is 0 Å². The molecule has 0 aliphatic carbocycles. The SMILES string of the molecule is COc1ccc(OC)c(C(=O)Nc2ccc(C)cc2Cl)c1. The van der Waals surface area contributed by atoms with Gasteiger partial charge in [0.2, 0.25) is 0 Å². The molecule has 0 saturated carbocycles. The van der Waals surface area contributed by atoms with E-state index in [2.05, 4.69) is 5.32 Å². The largest absolute Gasteiger partial charge is 0.497 e. The van der Waals surface area contributed by atoms with Gasteiger partial charge >= 0.3 is 0 Å². The second kappa shape index (κ2) is 6.50. The summed E-state index contributed by atoms with van der Waals surface area (Å²) in [5.74, 6) is 0.740. The summed E-state index contributed by atoms with van der Waals surface area (Å²) in [5.41, 5.74) is 1.96. The Morgan fingerprint density at radius 3 is 2.48 bits per heavy atom. The number of methoxy groups -OCH3 is 2. The normalized spacial score (nSPS) is 10.1. The molecule has 0 fully saturated rings. The number of aryl methyl sites for hydroxylation is 1. The molecule has 1 N–H and O–H groups in total. The van der Waals surface area contributed by atoms with E-state index in [-0.39, 0.29) is 5.91 Å². The molecule has 0 heterocycles. The van der Waals surface area contributed by atoms with Gasteiger partial charge in [-0.15, -0.1) is 0 Å². The Morgan fingerprint density at radius 1 is 1.10 bits per heavy atom. The highest BCUT2D eigenvalue weighted by Crippen LogP contribution is 2.27. The predicted molar refractivity (Wildman–Crippen MR) is 83.7 cm³/mol. The molecule has 21 heavy (non-hydrogen) atoms. The van der Waals surface area contributed by atoms with Crippen LogP contribution in [0.3, 0.4) is 0 Å². The number of amides is 1. The number of carbonyl (C=O) groups excluding carboxylic acids is 1. The van der Waals surface area contributed by atoms with Crippen LogP contribution in [0.15, 0.2) is 36.4 Å². The summed E-state index contributed by atoms with van der Waals surface area (Å²) in [6.07, 6.45) is 0. The highest BCUT2D eigenvalue weighted by Gasteiger charge is 2.15. The first-order chi connectivity index (χ1) is 10.0. The molecule has 0 bridgehead atoms. The molecule has 110 valence electrons. The summed E-state index contributed by atoms with van der Waals surface area (Å²) in [5, 5.41) is 3.26. The molecule has 0 unspecified atom stereocenters. The van der Waals surface area contributed by atoms with Gasteiger partial charge in [0.1, 0.15) is 11.5 Å². The monoisotopic (exact) mass is 305 g/mol. The quantitative estimate of drug-likeness (QED) is 0.931. The Morgan fingerprint density at radius 2 is 1.86 bits per heavy atom. The number of nitrogens with one attached hydrogen (secondary N) is 1. The third kappa shape index (κ3) is 3.47. The minimum atomic E-state index is -0.309. The van der Waals surface area contributed by atoms with Crippen LogP contribution in [-0.4, -0.2) is 20.1 Å². The number of ether oxygens (including phenoxy) is 2. The lowest BCUT2D eigenvalue weighted by molar-refractivity contribution is 0.102. The van der Waals surface area contributed by atoms with Gasteiger partial charge in [-0.05, 0) is 42.8 Å². The van der Waals surface area contributed by atoms with Crippen molar-refractivity contribution in [2.75, 3.05) is 19.5 Å². The molecule has 2 aromatic rings. The predicted octanol–water partition coefficient (Wildman–Crippen LogP) is 3.92. The maximum Gasteiger partial charge on any atom is 0.259 e. The molecule has 5 heteroatoms. The average Bonchev–Trinajstić information content (AvgIpc) is 2.49. The molecular formula is C16H16ClNO3. The van der Waals surface area contributed by atoms with Crippen molar-refractivity contribution in [3.63, 3.8) is 0 Å². The van der Waals surface area contributed by atoms with Crippen LogP contribution in [0.1, 0.15) is 15.9 Å². The lowest BCUT2D eigenvalue weighted by atomic mass is 10.1. The van der Waals surface area contributed by atoms with Crippen LogP contribution >= 0.6 is 11.6 Å². The zero-order valence-electron chi connectivity index (χ0n) is 12.1. The number of hydrogen-bond acceptors (Lipinski definition) is 3. The summed E-state index contributed by atoms with van der Waals surface area (Å²) in [6.45, 7) is 1.93. The molecule has 0 spiro atoms. The molecule has 1 amide bonds. The van der Waals surface area contributed by atoms with Gasteiger partial charge in [0.15, 0.2) is 0 Å². The Kier molecular flexibility index (Phi) is 4.70. The number of benzene rings is 2.